The molecular formula is C16H18N2O3. The van der Waals surface area contributed by atoms with Gasteiger partial charge >= 0.3 is 5.97 Å². The molecule has 3 rings (SSSR count). The summed E-state index contributed by atoms with van der Waals surface area (Å²) >= 11 is 0. The number of carboxylic acids is 1. The van der Waals surface area contributed by atoms with Gasteiger partial charge in [-0.3, -0.25) is 4.79 Å². The summed E-state index contributed by atoms with van der Waals surface area (Å²) < 4.78 is 5.28. The first-order valence-electron chi connectivity index (χ1n) is 7.00. The third kappa shape index (κ3) is 2.39. The zero-order chi connectivity index (χ0) is 15.0. The number of fused-ring (bicyclic) bond motifs is 1. The average Bonchev–Trinajstić information content (AvgIpc) is 2.88. The molecule has 1 saturated heterocycles. The smallest absolute Gasteiger partial charge is 0.308 e. The molecule has 5 heteroatoms. The Morgan fingerprint density at radius 3 is 2.86 bits per heavy atom. The van der Waals surface area contributed by atoms with Crippen LogP contribution in [0, 0.1) is 11.8 Å². The fourth-order valence-electron chi connectivity index (χ4n) is 2.97. The zero-order valence-electron chi connectivity index (χ0n) is 12.1. The van der Waals surface area contributed by atoms with E-state index in [9.17, 15) is 9.90 Å². The lowest BCUT2D eigenvalue weighted by Gasteiger charge is -2.19. The number of hydrogen-bond donors (Lipinski definition) is 1. The molecule has 21 heavy (non-hydrogen) atoms. The SMILES string of the molecule is COc1ccc2ccnc(N3CC(C)C(C(=O)O)C3)c2c1. The van der Waals surface area contributed by atoms with Crippen LogP contribution in [0.5, 0.6) is 5.75 Å². The molecule has 2 aromatic rings. The molecule has 110 valence electrons. The summed E-state index contributed by atoms with van der Waals surface area (Å²) in [5.41, 5.74) is 0. The molecule has 0 bridgehead atoms. The van der Waals surface area contributed by atoms with Gasteiger partial charge in [0.25, 0.3) is 0 Å². The molecule has 1 aliphatic rings. The Bertz CT molecular complexity index is 686. The first-order chi connectivity index (χ1) is 10.1. The van der Waals surface area contributed by atoms with Gasteiger partial charge < -0.3 is 14.7 Å². The van der Waals surface area contributed by atoms with Crippen LogP contribution < -0.4 is 9.64 Å². The fraction of sp³-hybridized carbons (Fsp3) is 0.375. The van der Waals surface area contributed by atoms with E-state index in [0.29, 0.717) is 13.1 Å². The molecule has 2 atom stereocenters. The quantitative estimate of drug-likeness (QED) is 0.938. The summed E-state index contributed by atoms with van der Waals surface area (Å²) in [5.74, 6) is 0.654. The Kier molecular flexibility index (Phi) is 3.41. The summed E-state index contributed by atoms with van der Waals surface area (Å²) in [6.07, 6.45) is 1.77. The third-order valence-electron chi connectivity index (χ3n) is 4.18. The lowest BCUT2D eigenvalue weighted by Crippen LogP contribution is -2.23. The van der Waals surface area contributed by atoms with Crippen LogP contribution in [-0.4, -0.2) is 36.3 Å². The van der Waals surface area contributed by atoms with Gasteiger partial charge in [0.2, 0.25) is 0 Å². The topological polar surface area (TPSA) is 62.7 Å². The van der Waals surface area contributed by atoms with Gasteiger partial charge in [0.1, 0.15) is 11.6 Å². The standard InChI is InChI=1S/C16H18N2O3/c1-10-8-18(9-14(10)16(19)20)15-13-7-12(21-2)4-3-11(13)5-6-17-15/h3-7,10,14H,8-9H2,1-2H3,(H,19,20). The Labute approximate surface area is 123 Å². The molecule has 0 amide bonds. The van der Waals surface area contributed by atoms with Gasteiger partial charge in [-0.15, -0.1) is 0 Å². The number of pyridine rings is 1. The van der Waals surface area contributed by atoms with Crippen LogP contribution >= 0.6 is 0 Å². The minimum atomic E-state index is -0.734. The highest BCUT2D eigenvalue weighted by Crippen LogP contribution is 2.33. The first kappa shape index (κ1) is 13.7. The number of ether oxygens (including phenoxy) is 1. The molecule has 1 fully saturated rings. The number of nitrogens with zero attached hydrogens (tertiary/aromatic N) is 2. The highest BCUT2D eigenvalue weighted by atomic mass is 16.5. The van der Waals surface area contributed by atoms with Crippen LogP contribution in [-0.2, 0) is 4.79 Å². The van der Waals surface area contributed by atoms with Gasteiger partial charge in [-0.2, -0.15) is 0 Å². The van der Waals surface area contributed by atoms with Crippen molar-refractivity contribution in [1.82, 2.24) is 4.98 Å². The van der Waals surface area contributed by atoms with Crippen LogP contribution in [0.1, 0.15) is 6.92 Å². The molecule has 5 nitrogen and oxygen atoms in total. The number of methoxy groups -OCH3 is 1. The van der Waals surface area contributed by atoms with Crippen molar-refractivity contribution in [3.63, 3.8) is 0 Å². The fourth-order valence-corrected chi connectivity index (χ4v) is 2.97. The lowest BCUT2D eigenvalue weighted by molar-refractivity contribution is -0.142. The highest BCUT2D eigenvalue weighted by molar-refractivity contribution is 5.93. The van der Waals surface area contributed by atoms with Crippen LogP contribution in [0.15, 0.2) is 30.5 Å². The Morgan fingerprint density at radius 1 is 1.38 bits per heavy atom. The van der Waals surface area contributed by atoms with Gasteiger partial charge in [0.05, 0.1) is 13.0 Å². The zero-order valence-corrected chi connectivity index (χ0v) is 12.1. The van der Waals surface area contributed by atoms with E-state index >= 15 is 0 Å². The summed E-state index contributed by atoms with van der Waals surface area (Å²) in [5, 5.41) is 11.3. The second-order valence-corrected chi connectivity index (χ2v) is 5.55. The second-order valence-electron chi connectivity index (χ2n) is 5.55. The number of rotatable bonds is 3. The van der Waals surface area contributed by atoms with Crippen molar-refractivity contribution in [2.75, 3.05) is 25.1 Å². The van der Waals surface area contributed by atoms with Gasteiger partial charge in [-0.25, -0.2) is 4.98 Å². The highest BCUT2D eigenvalue weighted by Gasteiger charge is 2.35. The number of anilines is 1. The summed E-state index contributed by atoms with van der Waals surface area (Å²) in [7, 11) is 1.63. The molecule has 1 aliphatic heterocycles. The summed E-state index contributed by atoms with van der Waals surface area (Å²) in [4.78, 5) is 17.8. The van der Waals surface area contributed by atoms with Gasteiger partial charge in [0.15, 0.2) is 0 Å². The van der Waals surface area contributed by atoms with E-state index in [-0.39, 0.29) is 11.8 Å². The van der Waals surface area contributed by atoms with Crippen molar-refractivity contribution in [3.8, 4) is 5.75 Å². The number of benzene rings is 1. The van der Waals surface area contributed by atoms with Crippen molar-refractivity contribution < 1.29 is 14.6 Å². The minimum absolute atomic E-state index is 0.116. The minimum Gasteiger partial charge on any atom is -0.497 e. The maximum atomic E-state index is 11.3. The lowest BCUT2D eigenvalue weighted by atomic mass is 9.99. The number of hydrogen-bond acceptors (Lipinski definition) is 4. The molecule has 1 N–H and O–H groups in total. The summed E-state index contributed by atoms with van der Waals surface area (Å²) in [6.45, 7) is 3.19. The average molecular weight is 286 g/mol. The molecule has 0 radical (unpaired) electrons. The molecular weight excluding hydrogens is 268 g/mol. The van der Waals surface area contributed by atoms with Crippen molar-refractivity contribution in [3.05, 3.63) is 30.5 Å². The number of aromatic nitrogens is 1. The monoisotopic (exact) mass is 286 g/mol. The largest absolute Gasteiger partial charge is 0.497 e. The van der Waals surface area contributed by atoms with Crippen molar-refractivity contribution in [1.29, 1.82) is 0 Å². The Hall–Kier alpha value is -2.30. The molecule has 0 spiro atoms. The molecule has 1 aromatic heterocycles. The predicted octanol–water partition coefficient (Wildman–Crippen LogP) is 2.40. The van der Waals surface area contributed by atoms with Gasteiger partial charge in [0, 0.05) is 24.7 Å². The number of carbonyl (C=O) groups is 1. The van der Waals surface area contributed by atoms with Crippen LogP contribution in [0.2, 0.25) is 0 Å². The maximum Gasteiger partial charge on any atom is 0.308 e. The van der Waals surface area contributed by atoms with Crippen LogP contribution in [0.25, 0.3) is 10.8 Å². The van der Waals surface area contributed by atoms with E-state index in [0.717, 1.165) is 22.3 Å². The van der Waals surface area contributed by atoms with Gasteiger partial charge in [-0.1, -0.05) is 13.0 Å². The second kappa shape index (κ2) is 5.24. The third-order valence-corrected chi connectivity index (χ3v) is 4.18. The van der Waals surface area contributed by atoms with Gasteiger partial charge in [-0.05, 0) is 29.5 Å². The maximum absolute atomic E-state index is 11.3. The molecule has 2 heterocycles. The first-order valence-corrected chi connectivity index (χ1v) is 7.00. The molecule has 0 aliphatic carbocycles. The molecule has 1 aromatic carbocycles. The Balaban J connectivity index is 2.03. The van der Waals surface area contributed by atoms with E-state index in [1.54, 1.807) is 13.3 Å². The predicted molar refractivity (Wildman–Crippen MR) is 80.8 cm³/mol. The van der Waals surface area contributed by atoms with E-state index in [1.807, 2.05) is 31.2 Å². The van der Waals surface area contributed by atoms with E-state index in [4.69, 9.17) is 4.74 Å². The summed E-state index contributed by atoms with van der Waals surface area (Å²) in [6, 6.07) is 7.81. The van der Waals surface area contributed by atoms with Crippen molar-refractivity contribution >= 4 is 22.6 Å². The van der Waals surface area contributed by atoms with E-state index in [1.165, 1.54) is 0 Å². The molecule has 0 saturated carbocycles. The number of aliphatic carboxylic acids is 1. The van der Waals surface area contributed by atoms with E-state index in [2.05, 4.69) is 9.88 Å². The van der Waals surface area contributed by atoms with Crippen molar-refractivity contribution in [2.24, 2.45) is 11.8 Å². The number of carboxylic acid groups (broad SMARTS) is 1. The Morgan fingerprint density at radius 2 is 2.19 bits per heavy atom. The van der Waals surface area contributed by atoms with Crippen molar-refractivity contribution in [2.45, 2.75) is 6.92 Å². The van der Waals surface area contributed by atoms with Crippen LogP contribution in [0.4, 0.5) is 5.82 Å². The van der Waals surface area contributed by atoms with Crippen LogP contribution in [0.3, 0.4) is 0 Å². The molecule has 2 unspecified atom stereocenters. The van der Waals surface area contributed by atoms with E-state index < -0.39 is 5.97 Å². The normalized spacial score (nSPS) is 21.7.